The van der Waals surface area contributed by atoms with Crippen LogP contribution >= 0.6 is 0 Å². The van der Waals surface area contributed by atoms with Crippen molar-refractivity contribution in [3.8, 4) is 0 Å². The number of halogens is 1. The van der Waals surface area contributed by atoms with E-state index < -0.39 is 17.7 Å². The molecule has 3 fully saturated rings. The number of carbonyl (C=O) groups excluding carboxylic acids is 3. The Morgan fingerprint density at radius 1 is 1.10 bits per heavy atom. The highest BCUT2D eigenvalue weighted by Crippen LogP contribution is 2.48. The summed E-state index contributed by atoms with van der Waals surface area (Å²) in [6.07, 6.45) is 6.83. The number of amides is 3. The molecule has 1 N–H and O–H groups in total. The van der Waals surface area contributed by atoms with E-state index in [9.17, 15) is 18.8 Å². The summed E-state index contributed by atoms with van der Waals surface area (Å²) in [5.41, 5.74) is -0.395. The van der Waals surface area contributed by atoms with Crippen molar-refractivity contribution in [2.75, 3.05) is 26.2 Å². The van der Waals surface area contributed by atoms with E-state index in [2.05, 4.69) is 5.32 Å². The Balaban J connectivity index is 1.50. The molecule has 40 heavy (non-hydrogen) atoms. The zero-order valence-electron chi connectivity index (χ0n) is 24.8. The first-order chi connectivity index (χ1) is 18.8. The van der Waals surface area contributed by atoms with Gasteiger partial charge in [0.25, 0.3) is 0 Å². The topological polar surface area (TPSA) is 88.2 Å². The van der Waals surface area contributed by atoms with Crippen LogP contribution in [0, 0.1) is 17.2 Å². The van der Waals surface area contributed by atoms with Gasteiger partial charge in [0.15, 0.2) is 0 Å². The molecular formula is C31H46FN3O5. The molecular weight excluding hydrogens is 513 g/mol. The molecule has 3 amide bonds. The summed E-state index contributed by atoms with van der Waals surface area (Å²) in [7, 11) is 0. The van der Waals surface area contributed by atoms with E-state index in [0.29, 0.717) is 32.2 Å². The molecule has 0 aromatic heterocycles. The van der Waals surface area contributed by atoms with E-state index in [1.54, 1.807) is 32.9 Å². The van der Waals surface area contributed by atoms with E-state index in [4.69, 9.17) is 9.47 Å². The van der Waals surface area contributed by atoms with Gasteiger partial charge in [-0.3, -0.25) is 9.69 Å². The van der Waals surface area contributed by atoms with Gasteiger partial charge in [0.2, 0.25) is 5.91 Å². The third kappa shape index (κ3) is 7.26. The van der Waals surface area contributed by atoms with E-state index in [1.165, 1.54) is 31.4 Å². The SMILES string of the molecule is CC(C)(C)OC(=O)NC(Cc1ccc(F)cc1)C(=O)N1CCC(CN2C(=O)OCC2(C)C)(C2CCCCC2)CC1. The monoisotopic (exact) mass is 559 g/mol. The van der Waals surface area contributed by atoms with Crippen LogP contribution in [0.1, 0.15) is 85.1 Å². The molecule has 2 aliphatic heterocycles. The quantitative estimate of drug-likeness (QED) is 0.464. The van der Waals surface area contributed by atoms with Gasteiger partial charge < -0.3 is 19.7 Å². The molecule has 222 valence electrons. The van der Waals surface area contributed by atoms with Crippen LogP contribution in [0.3, 0.4) is 0 Å². The second-order valence-corrected chi connectivity index (χ2v) is 13.5. The number of cyclic esters (lactones) is 1. The minimum Gasteiger partial charge on any atom is -0.447 e. The van der Waals surface area contributed by atoms with Crippen molar-refractivity contribution in [1.82, 2.24) is 15.1 Å². The zero-order valence-corrected chi connectivity index (χ0v) is 24.8. The second-order valence-electron chi connectivity index (χ2n) is 13.5. The fraction of sp³-hybridized carbons (Fsp3) is 0.710. The number of alkyl carbamates (subject to hydrolysis) is 1. The summed E-state index contributed by atoms with van der Waals surface area (Å²) in [4.78, 5) is 43.0. The molecule has 1 aliphatic carbocycles. The van der Waals surface area contributed by atoms with Gasteiger partial charge in [0.1, 0.15) is 24.1 Å². The minimum absolute atomic E-state index is 0.0805. The first-order valence-corrected chi connectivity index (χ1v) is 14.8. The second kappa shape index (κ2) is 12.0. The van der Waals surface area contributed by atoms with Gasteiger partial charge in [0.05, 0.1) is 5.54 Å². The molecule has 3 aliphatic rings. The van der Waals surface area contributed by atoms with Crippen LogP contribution in [-0.2, 0) is 20.7 Å². The average Bonchev–Trinajstić information content (AvgIpc) is 3.15. The Bertz CT molecular complexity index is 1050. The maximum atomic E-state index is 13.9. The third-order valence-electron chi connectivity index (χ3n) is 8.86. The first kappa shape index (κ1) is 30.1. The van der Waals surface area contributed by atoms with Crippen molar-refractivity contribution in [1.29, 1.82) is 0 Å². The molecule has 1 aromatic rings. The van der Waals surface area contributed by atoms with Crippen LogP contribution in [0.5, 0.6) is 0 Å². The summed E-state index contributed by atoms with van der Waals surface area (Å²) in [5, 5.41) is 2.78. The van der Waals surface area contributed by atoms with Crippen molar-refractivity contribution in [3.05, 3.63) is 35.6 Å². The number of ether oxygens (including phenoxy) is 2. The Morgan fingerprint density at radius 3 is 2.27 bits per heavy atom. The Kier molecular flexibility index (Phi) is 9.00. The Labute approximate surface area is 237 Å². The number of nitrogens with zero attached hydrogens (tertiary/aromatic N) is 2. The van der Waals surface area contributed by atoms with Gasteiger partial charge in [-0.15, -0.1) is 0 Å². The molecule has 1 unspecified atom stereocenters. The Hall–Kier alpha value is -2.84. The molecule has 2 saturated heterocycles. The molecule has 0 spiro atoms. The summed E-state index contributed by atoms with van der Waals surface area (Å²) >= 11 is 0. The van der Waals surface area contributed by atoms with Gasteiger partial charge in [0, 0.05) is 26.1 Å². The van der Waals surface area contributed by atoms with Crippen molar-refractivity contribution >= 4 is 18.1 Å². The molecule has 1 atom stereocenters. The number of likely N-dealkylation sites (tertiary alicyclic amines) is 1. The lowest BCUT2D eigenvalue weighted by Gasteiger charge is -2.50. The summed E-state index contributed by atoms with van der Waals surface area (Å²) in [6.45, 7) is 11.5. The highest BCUT2D eigenvalue weighted by atomic mass is 19.1. The standard InChI is InChI=1S/C31H46FN3O5/c1-29(2,3)40-27(37)33-25(19-22-11-13-24(32)14-12-22)26(36)34-17-15-31(16-18-34,23-9-7-6-8-10-23)20-35-28(38)39-21-30(35,4)5/h11-14,23,25H,6-10,15-21H2,1-5H3,(H,33,37). The van der Waals surface area contributed by atoms with Crippen LogP contribution < -0.4 is 5.32 Å². The fourth-order valence-electron chi connectivity index (χ4n) is 6.54. The number of hydrogen-bond donors (Lipinski definition) is 1. The number of rotatable bonds is 7. The smallest absolute Gasteiger partial charge is 0.410 e. The first-order valence-electron chi connectivity index (χ1n) is 14.8. The predicted octanol–water partition coefficient (Wildman–Crippen LogP) is 5.68. The molecule has 8 nitrogen and oxygen atoms in total. The summed E-state index contributed by atoms with van der Waals surface area (Å²) < 4.78 is 24.4. The van der Waals surface area contributed by atoms with Gasteiger partial charge in [-0.05, 0) is 89.3 Å². The Morgan fingerprint density at radius 2 is 1.73 bits per heavy atom. The molecule has 9 heteroatoms. The van der Waals surface area contributed by atoms with E-state index in [0.717, 1.165) is 31.2 Å². The van der Waals surface area contributed by atoms with E-state index in [1.807, 2.05) is 23.6 Å². The van der Waals surface area contributed by atoms with E-state index >= 15 is 0 Å². The molecule has 1 aromatic carbocycles. The molecule has 2 heterocycles. The molecule has 0 radical (unpaired) electrons. The maximum Gasteiger partial charge on any atom is 0.410 e. The third-order valence-corrected chi connectivity index (χ3v) is 8.86. The highest BCUT2D eigenvalue weighted by molar-refractivity contribution is 5.86. The van der Waals surface area contributed by atoms with Crippen LogP contribution in [0.4, 0.5) is 14.0 Å². The van der Waals surface area contributed by atoms with Gasteiger partial charge >= 0.3 is 12.2 Å². The minimum atomic E-state index is -0.838. The number of piperidine rings is 1. The number of benzene rings is 1. The molecule has 4 rings (SSSR count). The van der Waals surface area contributed by atoms with Gasteiger partial charge in [-0.2, -0.15) is 0 Å². The number of hydrogen-bond acceptors (Lipinski definition) is 5. The number of nitrogens with one attached hydrogen (secondary N) is 1. The normalized spacial score (nSPS) is 22.0. The van der Waals surface area contributed by atoms with Crippen LogP contribution in [-0.4, -0.2) is 71.3 Å². The van der Waals surface area contributed by atoms with Crippen molar-refractivity contribution in [3.63, 3.8) is 0 Å². The maximum absolute atomic E-state index is 13.9. The largest absolute Gasteiger partial charge is 0.447 e. The van der Waals surface area contributed by atoms with Crippen LogP contribution in [0.15, 0.2) is 24.3 Å². The highest BCUT2D eigenvalue weighted by Gasteiger charge is 2.49. The lowest BCUT2D eigenvalue weighted by atomic mass is 9.63. The summed E-state index contributed by atoms with van der Waals surface area (Å²) in [6, 6.07) is 5.14. The lowest BCUT2D eigenvalue weighted by molar-refractivity contribution is -0.137. The van der Waals surface area contributed by atoms with Crippen molar-refractivity contribution in [2.45, 2.75) is 103 Å². The predicted molar refractivity (Wildman–Crippen MR) is 150 cm³/mol. The average molecular weight is 560 g/mol. The lowest BCUT2D eigenvalue weighted by Crippen LogP contribution is -2.57. The zero-order chi connectivity index (χ0) is 29.1. The number of carbonyl (C=O) groups is 3. The van der Waals surface area contributed by atoms with Crippen LogP contribution in [0.2, 0.25) is 0 Å². The van der Waals surface area contributed by atoms with Gasteiger partial charge in [-0.1, -0.05) is 31.4 Å². The fourth-order valence-corrected chi connectivity index (χ4v) is 6.54. The van der Waals surface area contributed by atoms with Crippen molar-refractivity contribution in [2.24, 2.45) is 11.3 Å². The van der Waals surface area contributed by atoms with Crippen LogP contribution in [0.25, 0.3) is 0 Å². The van der Waals surface area contributed by atoms with Gasteiger partial charge in [-0.25, -0.2) is 14.0 Å². The molecule has 0 bridgehead atoms. The molecule has 1 saturated carbocycles. The summed E-state index contributed by atoms with van der Waals surface area (Å²) in [5.74, 6) is -0.0298. The van der Waals surface area contributed by atoms with E-state index in [-0.39, 0.29) is 35.2 Å². The van der Waals surface area contributed by atoms with Crippen molar-refractivity contribution < 1.29 is 28.2 Å².